The van der Waals surface area contributed by atoms with Gasteiger partial charge in [0.15, 0.2) is 18.1 Å². The van der Waals surface area contributed by atoms with Gasteiger partial charge >= 0.3 is 5.97 Å². The molecule has 7 nitrogen and oxygen atoms in total. The van der Waals surface area contributed by atoms with Gasteiger partial charge in [0.1, 0.15) is 11.6 Å². The van der Waals surface area contributed by atoms with Crippen LogP contribution in [0.15, 0.2) is 17.7 Å². The molecule has 0 aromatic heterocycles. The van der Waals surface area contributed by atoms with Crippen molar-refractivity contribution in [3.63, 3.8) is 0 Å². The van der Waals surface area contributed by atoms with Crippen molar-refractivity contribution in [3.05, 3.63) is 26.8 Å². The van der Waals surface area contributed by atoms with Crippen LogP contribution >= 0.6 is 22.6 Å². The number of benzene rings is 1. The zero-order valence-electron chi connectivity index (χ0n) is 14.6. The number of nitrogens with zero attached hydrogens (tertiary/aromatic N) is 2. The molecule has 1 aromatic carbocycles. The molecule has 0 atom stereocenters. The summed E-state index contributed by atoms with van der Waals surface area (Å²) in [6, 6.07) is 5.39. The highest BCUT2D eigenvalue weighted by atomic mass is 127. The highest BCUT2D eigenvalue weighted by Gasteiger charge is 2.22. The van der Waals surface area contributed by atoms with Gasteiger partial charge in [0.25, 0.3) is 5.91 Å². The van der Waals surface area contributed by atoms with E-state index in [1.165, 1.54) is 20.3 Å². The van der Waals surface area contributed by atoms with Gasteiger partial charge in [-0.3, -0.25) is 4.79 Å². The van der Waals surface area contributed by atoms with Crippen molar-refractivity contribution in [1.82, 2.24) is 4.90 Å². The maximum Gasteiger partial charge on any atom is 0.343 e. The molecule has 0 unspecified atom stereocenters. The second-order valence-electron chi connectivity index (χ2n) is 5.57. The molecular weight excluding hydrogens is 451 g/mol. The van der Waals surface area contributed by atoms with Crippen LogP contribution < -0.4 is 9.47 Å². The molecule has 0 bridgehead atoms. The molecule has 0 radical (unpaired) electrons. The minimum absolute atomic E-state index is 0.0768. The maximum absolute atomic E-state index is 12.4. The number of carbonyl (C=O) groups is 2. The molecule has 1 fully saturated rings. The monoisotopic (exact) mass is 470 g/mol. The van der Waals surface area contributed by atoms with Gasteiger partial charge in [-0.25, -0.2) is 4.79 Å². The Balaban J connectivity index is 2.28. The fourth-order valence-corrected chi connectivity index (χ4v) is 3.33. The highest BCUT2D eigenvalue weighted by Crippen LogP contribution is 2.34. The Hall–Kier alpha value is -2.28. The second-order valence-corrected chi connectivity index (χ2v) is 6.73. The molecule has 1 amide bonds. The summed E-state index contributed by atoms with van der Waals surface area (Å²) in [4.78, 5) is 25.4. The van der Waals surface area contributed by atoms with E-state index in [1.807, 2.05) is 28.7 Å². The van der Waals surface area contributed by atoms with Crippen LogP contribution in [0.25, 0.3) is 6.08 Å². The lowest BCUT2D eigenvalue weighted by Crippen LogP contribution is -2.28. The third kappa shape index (κ3) is 4.88. The zero-order valence-corrected chi connectivity index (χ0v) is 16.7. The van der Waals surface area contributed by atoms with Gasteiger partial charge in [0, 0.05) is 13.1 Å². The van der Waals surface area contributed by atoms with E-state index >= 15 is 0 Å². The maximum atomic E-state index is 12.4. The van der Waals surface area contributed by atoms with Gasteiger partial charge in [-0.1, -0.05) is 0 Å². The molecule has 0 spiro atoms. The lowest BCUT2D eigenvalue weighted by Gasteiger charge is -2.15. The Morgan fingerprint density at radius 1 is 1.31 bits per heavy atom. The van der Waals surface area contributed by atoms with Gasteiger partial charge in [0.2, 0.25) is 0 Å². The van der Waals surface area contributed by atoms with Crippen LogP contribution in [0.1, 0.15) is 18.4 Å². The SMILES string of the molecule is COC(=O)COc1c(I)cc(/C=C(\C#N)C(=O)N2CCCC2)cc1OC. The summed E-state index contributed by atoms with van der Waals surface area (Å²) in [6.45, 7) is 1.12. The first-order valence-corrected chi connectivity index (χ1v) is 9.06. The van der Waals surface area contributed by atoms with E-state index < -0.39 is 5.97 Å². The molecule has 0 N–H and O–H groups in total. The molecule has 8 heteroatoms. The average molecular weight is 470 g/mol. The predicted octanol–water partition coefficient (Wildman–Crippen LogP) is 2.38. The number of rotatable bonds is 6. The van der Waals surface area contributed by atoms with E-state index in [-0.39, 0.29) is 18.1 Å². The standard InChI is InChI=1S/C18H19IN2O5/c1-24-15-9-12(8-14(19)17(15)26-11-16(22)25-2)7-13(10-20)18(23)21-5-3-4-6-21/h7-9H,3-6,11H2,1-2H3/b13-7+. The normalized spacial score (nSPS) is 13.9. The molecule has 138 valence electrons. The Labute approximate surface area is 165 Å². The van der Waals surface area contributed by atoms with E-state index in [9.17, 15) is 14.9 Å². The van der Waals surface area contributed by atoms with Crippen molar-refractivity contribution in [2.24, 2.45) is 0 Å². The van der Waals surface area contributed by atoms with E-state index in [4.69, 9.17) is 9.47 Å². The molecule has 26 heavy (non-hydrogen) atoms. The number of halogens is 1. The summed E-state index contributed by atoms with van der Waals surface area (Å²) >= 11 is 2.04. The van der Waals surface area contributed by atoms with Crippen molar-refractivity contribution < 1.29 is 23.8 Å². The fourth-order valence-electron chi connectivity index (χ4n) is 2.55. The lowest BCUT2D eigenvalue weighted by molar-refractivity contribution is -0.143. The smallest absolute Gasteiger partial charge is 0.343 e. The Morgan fingerprint density at radius 2 is 2.00 bits per heavy atom. The third-order valence-corrected chi connectivity index (χ3v) is 4.67. The van der Waals surface area contributed by atoms with Crippen LogP contribution in [-0.2, 0) is 14.3 Å². The number of carbonyl (C=O) groups excluding carboxylic acids is 2. The Kier molecular flexibility index (Phi) is 7.26. The average Bonchev–Trinajstić information content (AvgIpc) is 3.18. The molecule has 0 saturated carbocycles. The minimum atomic E-state index is -0.505. The van der Waals surface area contributed by atoms with Crippen LogP contribution in [0.3, 0.4) is 0 Å². The van der Waals surface area contributed by atoms with Crippen molar-refractivity contribution >= 4 is 40.5 Å². The summed E-state index contributed by atoms with van der Waals surface area (Å²) in [6.07, 6.45) is 3.46. The number of likely N-dealkylation sites (tertiary alicyclic amines) is 1. The number of esters is 1. The quantitative estimate of drug-likeness (QED) is 0.275. The largest absolute Gasteiger partial charge is 0.493 e. The van der Waals surface area contributed by atoms with Crippen molar-refractivity contribution in [2.75, 3.05) is 33.9 Å². The first kappa shape index (κ1) is 20.0. The number of nitriles is 1. The van der Waals surface area contributed by atoms with E-state index in [1.54, 1.807) is 17.0 Å². The van der Waals surface area contributed by atoms with Crippen LogP contribution in [-0.4, -0.2) is 50.7 Å². The van der Waals surface area contributed by atoms with Crippen molar-refractivity contribution in [3.8, 4) is 17.6 Å². The van der Waals surface area contributed by atoms with Crippen LogP contribution in [0.2, 0.25) is 0 Å². The number of amides is 1. The minimum Gasteiger partial charge on any atom is -0.493 e. The zero-order chi connectivity index (χ0) is 19.1. The topological polar surface area (TPSA) is 88.9 Å². The van der Waals surface area contributed by atoms with Crippen LogP contribution in [0, 0.1) is 14.9 Å². The van der Waals surface area contributed by atoms with Gasteiger partial charge < -0.3 is 19.1 Å². The summed E-state index contributed by atoms with van der Waals surface area (Å²) in [7, 11) is 2.76. The van der Waals surface area contributed by atoms with Crippen molar-refractivity contribution in [2.45, 2.75) is 12.8 Å². The number of hydrogen-bond acceptors (Lipinski definition) is 6. The van der Waals surface area contributed by atoms with Gasteiger partial charge in [-0.2, -0.15) is 5.26 Å². The molecule has 1 aliphatic heterocycles. The van der Waals surface area contributed by atoms with Gasteiger partial charge in [0.05, 0.1) is 17.8 Å². The first-order chi connectivity index (χ1) is 12.5. The van der Waals surface area contributed by atoms with E-state index in [0.717, 1.165) is 12.8 Å². The Bertz CT molecular complexity index is 764. The molecule has 1 aliphatic rings. The number of hydrogen-bond donors (Lipinski definition) is 0. The molecule has 1 saturated heterocycles. The number of methoxy groups -OCH3 is 2. The molecule has 1 heterocycles. The molecule has 0 aliphatic carbocycles. The highest BCUT2D eigenvalue weighted by molar-refractivity contribution is 14.1. The summed E-state index contributed by atoms with van der Waals surface area (Å²) in [5.74, 6) is 0.0396. The second kappa shape index (κ2) is 9.43. The first-order valence-electron chi connectivity index (χ1n) is 7.98. The Morgan fingerprint density at radius 3 is 2.58 bits per heavy atom. The van der Waals surface area contributed by atoms with Crippen molar-refractivity contribution in [1.29, 1.82) is 5.26 Å². The molecule has 1 aromatic rings. The summed E-state index contributed by atoms with van der Waals surface area (Å²) in [5.41, 5.74) is 0.716. The van der Waals surface area contributed by atoms with Crippen LogP contribution in [0.5, 0.6) is 11.5 Å². The van der Waals surface area contributed by atoms with E-state index in [0.29, 0.717) is 33.7 Å². The third-order valence-electron chi connectivity index (χ3n) is 3.87. The summed E-state index contributed by atoms with van der Waals surface area (Å²) < 4.78 is 16.0. The lowest BCUT2D eigenvalue weighted by atomic mass is 10.1. The van der Waals surface area contributed by atoms with Gasteiger partial charge in [-0.15, -0.1) is 0 Å². The number of ether oxygens (including phenoxy) is 3. The molecule has 2 rings (SSSR count). The molecular formula is C18H19IN2O5. The predicted molar refractivity (Wildman–Crippen MR) is 103 cm³/mol. The summed E-state index contributed by atoms with van der Waals surface area (Å²) in [5, 5.41) is 9.37. The van der Waals surface area contributed by atoms with Gasteiger partial charge in [-0.05, 0) is 59.2 Å². The van der Waals surface area contributed by atoms with Crippen LogP contribution in [0.4, 0.5) is 0 Å². The van der Waals surface area contributed by atoms with E-state index in [2.05, 4.69) is 4.74 Å². The fraction of sp³-hybridized carbons (Fsp3) is 0.389.